The van der Waals surface area contributed by atoms with Gasteiger partial charge in [-0.05, 0) is 37.6 Å². The summed E-state index contributed by atoms with van der Waals surface area (Å²) >= 11 is 6.01. The zero-order chi connectivity index (χ0) is 14.7. The number of nitrogens with zero attached hydrogens (tertiary/aromatic N) is 4. The van der Waals surface area contributed by atoms with E-state index in [4.69, 9.17) is 17.3 Å². The van der Waals surface area contributed by atoms with E-state index in [1.807, 2.05) is 24.4 Å². The SMILES string of the molecule is NCCCCn1c(-c2cccnc2)nc2cc(Cl)cnc21. The minimum atomic E-state index is 0.590. The number of unbranched alkanes of at least 4 members (excludes halogenated alkanes) is 1. The summed E-state index contributed by atoms with van der Waals surface area (Å²) in [4.78, 5) is 13.3. The molecule has 3 heterocycles. The second-order valence-electron chi connectivity index (χ2n) is 4.82. The van der Waals surface area contributed by atoms with Crippen molar-refractivity contribution < 1.29 is 0 Å². The number of aromatic nitrogens is 4. The fraction of sp³-hybridized carbons (Fsp3) is 0.267. The number of nitrogens with two attached hydrogens (primary N) is 1. The van der Waals surface area contributed by atoms with E-state index < -0.39 is 0 Å². The summed E-state index contributed by atoms with van der Waals surface area (Å²) < 4.78 is 2.11. The lowest BCUT2D eigenvalue weighted by Gasteiger charge is -2.08. The molecule has 0 atom stereocenters. The Morgan fingerprint density at radius 3 is 2.90 bits per heavy atom. The topological polar surface area (TPSA) is 69.6 Å². The first-order valence-corrected chi connectivity index (χ1v) is 7.29. The monoisotopic (exact) mass is 301 g/mol. The Kier molecular flexibility index (Phi) is 4.13. The van der Waals surface area contributed by atoms with Crippen molar-refractivity contribution in [3.63, 3.8) is 0 Å². The van der Waals surface area contributed by atoms with E-state index in [0.717, 1.165) is 41.9 Å². The van der Waals surface area contributed by atoms with Crippen molar-refractivity contribution in [2.75, 3.05) is 6.54 Å². The minimum absolute atomic E-state index is 0.590. The first-order chi connectivity index (χ1) is 10.3. The molecule has 0 saturated heterocycles. The van der Waals surface area contributed by atoms with Gasteiger partial charge >= 0.3 is 0 Å². The van der Waals surface area contributed by atoms with Gasteiger partial charge in [-0.1, -0.05) is 11.6 Å². The van der Waals surface area contributed by atoms with Crippen LogP contribution in [0, 0.1) is 0 Å². The molecule has 108 valence electrons. The molecule has 5 nitrogen and oxygen atoms in total. The summed E-state index contributed by atoms with van der Waals surface area (Å²) in [7, 11) is 0. The van der Waals surface area contributed by atoms with Gasteiger partial charge in [0.05, 0.1) is 5.02 Å². The largest absolute Gasteiger partial charge is 0.330 e. The van der Waals surface area contributed by atoms with Crippen LogP contribution in [0.4, 0.5) is 0 Å². The number of halogens is 1. The molecule has 0 saturated carbocycles. The van der Waals surface area contributed by atoms with Crippen LogP contribution in [-0.4, -0.2) is 26.1 Å². The first kappa shape index (κ1) is 14.0. The average molecular weight is 302 g/mol. The maximum absolute atomic E-state index is 6.01. The Bertz CT molecular complexity index is 738. The van der Waals surface area contributed by atoms with Gasteiger partial charge in [0.1, 0.15) is 11.3 Å². The van der Waals surface area contributed by atoms with E-state index in [-0.39, 0.29) is 0 Å². The number of fused-ring (bicyclic) bond motifs is 1. The molecule has 0 fully saturated rings. The number of aryl methyl sites for hydroxylation is 1. The van der Waals surface area contributed by atoms with Crippen molar-refractivity contribution in [3.05, 3.63) is 41.8 Å². The third kappa shape index (κ3) is 2.89. The lowest BCUT2D eigenvalue weighted by molar-refractivity contribution is 0.628. The summed E-state index contributed by atoms with van der Waals surface area (Å²) in [6.45, 7) is 1.51. The van der Waals surface area contributed by atoms with Crippen LogP contribution < -0.4 is 5.73 Å². The van der Waals surface area contributed by atoms with Crippen LogP contribution in [-0.2, 0) is 6.54 Å². The summed E-state index contributed by atoms with van der Waals surface area (Å²) in [5, 5.41) is 0.590. The second kappa shape index (κ2) is 6.20. The molecule has 0 aliphatic heterocycles. The van der Waals surface area contributed by atoms with Crippen molar-refractivity contribution in [1.82, 2.24) is 19.5 Å². The Morgan fingerprint density at radius 1 is 1.24 bits per heavy atom. The maximum Gasteiger partial charge on any atom is 0.160 e. The van der Waals surface area contributed by atoms with Gasteiger partial charge in [-0.3, -0.25) is 4.98 Å². The molecular formula is C15H16ClN5. The standard InChI is InChI=1S/C15H16ClN5/c16-12-8-13-15(19-10-12)21(7-2-1-5-17)14(20-13)11-4-3-6-18-9-11/h3-4,6,8-10H,1-2,5,7,17H2. The average Bonchev–Trinajstić information content (AvgIpc) is 2.86. The van der Waals surface area contributed by atoms with Crippen LogP contribution in [0.3, 0.4) is 0 Å². The van der Waals surface area contributed by atoms with E-state index in [0.29, 0.717) is 11.6 Å². The summed E-state index contributed by atoms with van der Waals surface area (Å²) in [5.74, 6) is 0.866. The van der Waals surface area contributed by atoms with Gasteiger partial charge in [-0.2, -0.15) is 0 Å². The van der Waals surface area contributed by atoms with Crippen molar-refractivity contribution in [2.45, 2.75) is 19.4 Å². The maximum atomic E-state index is 6.01. The lowest BCUT2D eigenvalue weighted by Crippen LogP contribution is -2.05. The van der Waals surface area contributed by atoms with Crippen molar-refractivity contribution in [1.29, 1.82) is 0 Å². The van der Waals surface area contributed by atoms with E-state index in [2.05, 4.69) is 19.5 Å². The van der Waals surface area contributed by atoms with Crippen LogP contribution in [0.15, 0.2) is 36.8 Å². The van der Waals surface area contributed by atoms with Gasteiger partial charge in [0.15, 0.2) is 5.65 Å². The Hall–Kier alpha value is -1.98. The van der Waals surface area contributed by atoms with Gasteiger partial charge in [0.2, 0.25) is 0 Å². The first-order valence-electron chi connectivity index (χ1n) is 6.92. The number of imidazole rings is 1. The van der Waals surface area contributed by atoms with Crippen molar-refractivity contribution in [3.8, 4) is 11.4 Å². The lowest BCUT2D eigenvalue weighted by atomic mass is 10.2. The van der Waals surface area contributed by atoms with E-state index in [1.54, 1.807) is 12.4 Å². The fourth-order valence-corrected chi connectivity index (χ4v) is 2.48. The predicted octanol–water partition coefficient (Wildman–Crippen LogP) is 2.89. The molecule has 0 bridgehead atoms. The molecular weight excluding hydrogens is 286 g/mol. The molecule has 0 radical (unpaired) electrons. The summed E-state index contributed by atoms with van der Waals surface area (Å²) in [6, 6.07) is 5.73. The normalized spacial score (nSPS) is 11.1. The highest BCUT2D eigenvalue weighted by Gasteiger charge is 2.13. The Balaban J connectivity index is 2.10. The van der Waals surface area contributed by atoms with Crippen LogP contribution in [0.5, 0.6) is 0 Å². The van der Waals surface area contributed by atoms with Gasteiger partial charge in [0.25, 0.3) is 0 Å². The molecule has 2 N–H and O–H groups in total. The predicted molar refractivity (Wildman–Crippen MR) is 84.1 cm³/mol. The Morgan fingerprint density at radius 2 is 2.14 bits per heavy atom. The minimum Gasteiger partial charge on any atom is -0.330 e. The van der Waals surface area contributed by atoms with Gasteiger partial charge < -0.3 is 10.3 Å². The molecule has 0 aliphatic carbocycles. The van der Waals surface area contributed by atoms with Crippen LogP contribution >= 0.6 is 11.6 Å². The smallest absolute Gasteiger partial charge is 0.160 e. The quantitative estimate of drug-likeness (QED) is 0.736. The number of hydrogen-bond acceptors (Lipinski definition) is 4. The summed E-state index contributed by atoms with van der Waals surface area (Å²) in [6.07, 6.45) is 7.17. The third-order valence-corrected chi connectivity index (χ3v) is 3.51. The number of rotatable bonds is 5. The molecule has 6 heteroatoms. The highest BCUT2D eigenvalue weighted by atomic mass is 35.5. The molecule has 0 aromatic carbocycles. The van der Waals surface area contributed by atoms with Gasteiger partial charge in [-0.15, -0.1) is 0 Å². The van der Waals surface area contributed by atoms with E-state index in [9.17, 15) is 0 Å². The highest BCUT2D eigenvalue weighted by molar-refractivity contribution is 6.31. The molecule has 0 amide bonds. The summed E-state index contributed by atoms with van der Waals surface area (Å²) in [5.41, 5.74) is 8.20. The van der Waals surface area contributed by atoms with Gasteiger partial charge in [-0.25, -0.2) is 9.97 Å². The van der Waals surface area contributed by atoms with E-state index in [1.165, 1.54) is 0 Å². The van der Waals surface area contributed by atoms with Crippen molar-refractivity contribution in [2.24, 2.45) is 5.73 Å². The number of hydrogen-bond donors (Lipinski definition) is 1. The van der Waals surface area contributed by atoms with Crippen LogP contribution in [0.2, 0.25) is 5.02 Å². The van der Waals surface area contributed by atoms with E-state index >= 15 is 0 Å². The van der Waals surface area contributed by atoms with Crippen LogP contribution in [0.25, 0.3) is 22.6 Å². The zero-order valence-electron chi connectivity index (χ0n) is 11.5. The van der Waals surface area contributed by atoms with Crippen LogP contribution in [0.1, 0.15) is 12.8 Å². The second-order valence-corrected chi connectivity index (χ2v) is 5.26. The third-order valence-electron chi connectivity index (χ3n) is 3.31. The molecule has 0 unspecified atom stereocenters. The molecule has 0 spiro atoms. The molecule has 3 aromatic heterocycles. The number of pyridine rings is 2. The fourth-order valence-electron chi connectivity index (χ4n) is 2.33. The Labute approximate surface area is 127 Å². The molecule has 0 aliphatic rings. The highest BCUT2D eigenvalue weighted by Crippen LogP contribution is 2.25. The zero-order valence-corrected chi connectivity index (χ0v) is 12.3. The molecule has 21 heavy (non-hydrogen) atoms. The molecule has 3 rings (SSSR count). The van der Waals surface area contributed by atoms with Gasteiger partial charge in [0, 0.05) is 30.7 Å². The molecule has 3 aromatic rings. The van der Waals surface area contributed by atoms with Crippen molar-refractivity contribution >= 4 is 22.8 Å².